The highest BCUT2D eigenvalue weighted by atomic mass is 16.4. The molecule has 0 unspecified atom stereocenters. The van der Waals surface area contributed by atoms with Gasteiger partial charge in [-0.1, -0.05) is 48.5 Å². The van der Waals surface area contributed by atoms with Crippen LogP contribution in [0.3, 0.4) is 0 Å². The zero-order valence-electron chi connectivity index (χ0n) is 8.01. The number of hydrogen-bond donors (Lipinski definition) is 0. The molecule has 0 spiro atoms. The van der Waals surface area contributed by atoms with Crippen molar-refractivity contribution in [1.82, 2.24) is 0 Å². The molecule has 2 aromatic rings. The fraction of sp³-hybridized carbons (Fsp3) is 0. The van der Waals surface area contributed by atoms with Crippen molar-refractivity contribution in [2.75, 3.05) is 0 Å². The van der Waals surface area contributed by atoms with Crippen LogP contribution in [0.1, 0.15) is 10.4 Å². The predicted octanol–water partition coefficient (Wildman–Crippen LogP) is 1.72. The van der Waals surface area contributed by atoms with Crippen molar-refractivity contribution in [3.8, 4) is 11.1 Å². The maximum absolute atomic E-state index is 10.7. The van der Waals surface area contributed by atoms with Crippen LogP contribution in [0.25, 0.3) is 11.1 Å². The van der Waals surface area contributed by atoms with E-state index in [0.29, 0.717) is 0 Å². The summed E-state index contributed by atoms with van der Waals surface area (Å²) in [5.74, 6) is -1.15. The van der Waals surface area contributed by atoms with Gasteiger partial charge in [0.05, 0.1) is 5.97 Å². The lowest BCUT2D eigenvalue weighted by Crippen LogP contribution is -2.22. The van der Waals surface area contributed by atoms with Gasteiger partial charge in [0.2, 0.25) is 0 Å². The number of carbonyl (C=O) groups is 1. The maximum atomic E-state index is 10.7. The molecule has 15 heavy (non-hydrogen) atoms. The summed E-state index contributed by atoms with van der Waals surface area (Å²) >= 11 is 0. The smallest absolute Gasteiger partial charge is 0.0715 e. The van der Waals surface area contributed by atoms with Crippen LogP contribution in [0.2, 0.25) is 0 Å². The quantitative estimate of drug-likeness (QED) is 0.735. The van der Waals surface area contributed by atoms with Crippen molar-refractivity contribution in [3.05, 3.63) is 60.2 Å². The van der Waals surface area contributed by atoms with E-state index in [9.17, 15) is 9.90 Å². The molecule has 2 rings (SSSR count). The molecule has 0 aliphatic heterocycles. The molecule has 0 atom stereocenters. The van der Waals surface area contributed by atoms with Crippen molar-refractivity contribution in [3.63, 3.8) is 0 Å². The summed E-state index contributed by atoms with van der Waals surface area (Å²) < 4.78 is 0. The molecule has 2 nitrogen and oxygen atoms in total. The summed E-state index contributed by atoms with van der Waals surface area (Å²) in [7, 11) is 0. The van der Waals surface area contributed by atoms with Crippen molar-refractivity contribution in [1.29, 1.82) is 0 Å². The van der Waals surface area contributed by atoms with Gasteiger partial charge in [-0.3, -0.25) is 0 Å². The standard InChI is InChI=1S/C13H10O2/c14-13(15)12-8-4-7-11(9-12)10-5-2-1-3-6-10/h1-9H,(H,14,15)/p-1. The average Bonchev–Trinajstić information content (AvgIpc) is 2.30. The van der Waals surface area contributed by atoms with Crippen LogP contribution in [-0.2, 0) is 0 Å². The van der Waals surface area contributed by atoms with Gasteiger partial charge in [-0.15, -0.1) is 0 Å². The van der Waals surface area contributed by atoms with Gasteiger partial charge in [-0.2, -0.15) is 0 Å². The number of benzene rings is 2. The molecule has 0 heterocycles. The molecular formula is C13H9O2-. The third-order valence-corrected chi connectivity index (χ3v) is 2.21. The summed E-state index contributed by atoms with van der Waals surface area (Å²) in [4.78, 5) is 10.7. The van der Waals surface area contributed by atoms with Crippen LogP contribution in [0.15, 0.2) is 54.6 Å². The largest absolute Gasteiger partial charge is 0.545 e. The van der Waals surface area contributed by atoms with E-state index in [1.807, 2.05) is 36.4 Å². The fourth-order valence-electron chi connectivity index (χ4n) is 1.46. The minimum Gasteiger partial charge on any atom is -0.545 e. The molecule has 2 heteroatoms. The van der Waals surface area contributed by atoms with Crippen LogP contribution in [0, 0.1) is 0 Å². The van der Waals surface area contributed by atoms with Crippen LogP contribution in [0.5, 0.6) is 0 Å². The van der Waals surface area contributed by atoms with Gasteiger partial charge >= 0.3 is 0 Å². The number of aromatic carboxylic acids is 1. The van der Waals surface area contributed by atoms with E-state index in [4.69, 9.17) is 0 Å². The van der Waals surface area contributed by atoms with E-state index in [1.165, 1.54) is 6.07 Å². The minimum absolute atomic E-state index is 0.205. The molecule has 0 bridgehead atoms. The van der Waals surface area contributed by atoms with E-state index < -0.39 is 5.97 Å². The van der Waals surface area contributed by atoms with Gasteiger partial charge in [0.25, 0.3) is 0 Å². The number of carboxylic acid groups (broad SMARTS) is 1. The van der Waals surface area contributed by atoms with Crippen molar-refractivity contribution >= 4 is 5.97 Å². The van der Waals surface area contributed by atoms with E-state index in [2.05, 4.69) is 0 Å². The number of carboxylic acids is 1. The number of carbonyl (C=O) groups excluding carboxylic acids is 1. The van der Waals surface area contributed by atoms with Gasteiger partial charge < -0.3 is 9.90 Å². The molecule has 74 valence electrons. The Bertz CT molecular complexity index is 475. The molecule has 0 saturated carbocycles. The molecule has 0 saturated heterocycles. The second-order valence-electron chi connectivity index (χ2n) is 3.23. The highest BCUT2D eigenvalue weighted by Crippen LogP contribution is 2.19. The minimum atomic E-state index is -1.15. The van der Waals surface area contributed by atoms with Gasteiger partial charge in [0.15, 0.2) is 0 Å². The van der Waals surface area contributed by atoms with Crippen molar-refractivity contribution < 1.29 is 9.90 Å². The molecule has 0 aliphatic rings. The van der Waals surface area contributed by atoms with Crippen molar-refractivity contribution in [2.24, 2.45) is 0 Å². The fourth-order valence-corrected chi connectivity index (χ4v) is 1.46. The monoisotopic (exact) mass is 197 g/mol. The van der Waals surface area contributed by atoms with E-state index >= 15 is 0 Å². The van der Waals surface area contributed by atoms with Crippen LogP contribution in [-0.4, -0.2) is 5.97 Å². The Morgan fingerprint density at radius 1 is 0.867 bits per heavy atom. The second-order valence-corrected chi connectivity index (χ2v) is 3.23. The third-order valence-electron chi connectivity index (χ3n) is 2.21. The van der Waals surface area contributed by atoms with E-state index in [-0.39, 0.29) is 5.56 Å². The van der Waals surface area contributed by atoms with Crippen LogP contribution in [0.4, 0.5) is 0 Å². The predicted molar refractivity (Wildman–Crippen MR) is 56.2 cm³/mol. The summed E-state index contributed by atoms with van der Waals surface area (Å²) in [6.45, 7) is 0. The Morgan fingerprint density at radius 2 is 1.53 bits per heavy atom. The Hall–Kier alpha value is -2.09. The first-order chi connectivity index (χ1) is 7.27. The normalized spacial score (nSPS) is 9.87. The Balaban J connectivity index is 2.46. The molecule has 2 aromatic carbocycles. The molecule has 0 aromatic heterocycles. The molecular weight excluding hydrogens is 188 g/mol. The topological polar surface area (TPSA) is 40.1 Å². The average molecular weight is 197 g/mol. The zero-order chi connectivity index (χ0) is 10.7. The summed E-state index contributed by atoms with van der Waals surface area (Å²) in [6, 6.07) is 16.4. The molecule has 0 fully saturated rings. The lowest BCUT2D eigenvalue weighted by molar-refractivity contribution is -0.255. The van der Waals surface area contributed by atoms with Crippen molar-refractivity contribution in [2.45, 2.75) is 0 Å². The first kappa shape index (κ1) is 9.46. The maximum Gasteiger partial charge on any atom is 0.0715 e. The lowest BCUT2D eigenvalue weighted by atomic mass is 10.0. The first-order valence-corrected chi connectivity index (χ1v) is 4.64. The van der Waals surface area contributed by atoms with E-state index in [0.717, 1.165) is 11.1 Å². The van der Waals surface area contributed by atoms with Gasteiger partial charge in [-0.05, 0) is 22.8 Å². The highest BCUT2D eigenvalue weighted by Gasteiger charge is 1.98. The Labute approximate surface area is 87.8 Å². The molecule has 0 radical (unpaired) electrons. The van der Waals surface area contributed by atoms with Gasteiger partial charge in [0, 0.05) is 0 Å². The zero-order valence-corrected chi connectivity index (χ0v) is 8.01. The first-order valence-electron chi connectivity index (χ1n) is 4.64. The molecule has 0 aliphatic carbocycles. The van der Waals surface area contributed by atoms with Crippen LogP contribution >= 0.6 is 0 Å². The number of hydrogen-bond acceptors (Lipinski definition) is 2. The Morgan fingerprint density at radius 3 is 2.20 bits per heavy atom. The SMILES string of the molecule is O=C([O-])c1cccc(-c2ccccc2)c1. The number of rotatable bonds is 2. The van der Waals surface area contributed by atoms with Gasteiger partial charge in [0.1, 0.15) is 0 Å². The summed E-state index contributed by atoms with van der Waals surface area (Å²) in [5, 5.41) is 10.7. The lowest BCUT2D eigenvalue weighted by Gasteiger charge is -2.05. The second kappa shape index (κ2) is 3.96. The summed E-state index contributed by atoms with van der Waals surface area (Å²) in [6.07, 6.45) is 0. The highest BCUT2D eigenvalue weighted by molar-refractivity contribution is 5.87. The third kappa shape index (κ3) is 2.05. The van der Waals surface area contributed by atoms with E-state index in [1.54, 1.807) is 12.1 Å². The molecule has 0 N–H and O–H groups in total. The Kier molecular flexibility index (Phi) is 2.50. The molecule has 0 amide bonds. The van der Waals surface area contributed by atoms with Crippen LogP contribution < -0.4 is 5.11 Å². The van der Waals surface area contributed by atoms with Gasteiger partial charge in [-0.25, -0.2) is 0 Å². The summed E-state index contributed by atoms with van der Waals surface area (Å²) in [5.41, 5.74) is 2.09.